The molecule has 1 amide bonds. The van der Waals surface area contributed by atoms with E-state index in [2.05, 4.69) is 10.0 Å². The van der Waals surface area contributed by atoms with Crippen LogP contribution in [0.25, 0.3) is 0 Å². The zero-order chi connectivity index (χ0) is 20.1. The van der Waals surface area contributed by atoms with Gasteiger partial charge in [0.25, 0.3) is 15.9 Å². The minimum Gasteiger partial charge on any atom is -0.493 e. The number of para-hydroxylation sites is 2. The number of hydrogen-bond acceptors (Lipinski definition) is 6. The van der Waals surface area contributed by atoms with Crippen molar-refractivity contribution in [2.24, 2.45) is 0 Å². The fourth-order valence-electron chi connectivity index (χ4n) is 2.46. The predicted octanol–water partition coefficient (Wildman–Crippen LogP) is 3.82. The number of rotatable bonds is 7. The molecule has 0 unspecified atom stereocenters. The van der Waals surface area contributed by atoms with Crippen LogP contribution in [-0.2, 0) is 10.0 Å². The summed E-state index contributed by atoms with van der Waals surface area (Å²) in [6, 6.07) is 14.5. The monoisotopic (exact) mass is 418 g/mol. The Hall–Kier alpha value is -3.04. The molecule has 0 radical (unpaired) electrons. The lowest BCUT2D eigenvalue weighted by molar-refractivity contribution is 0.102. The molecule has 2 N–H and O–H groups in total. The number of carbonyl (C=O) groups excluding carboxylic acids is 1. The Morgan fingerprint density at radius 1 is 0.929 bits per heavy atom. The highest BCUT2D eigenvalue weighted by atomic mass is 32.2. The Kier molecular flexibility index (Phi) is 5.86. The molecule has 0 spiro atoms. The first-order valence-corrected chi connectivity index (χ1v) is 10.5. The van der Waals surface area contributed by atoms with E-state index in [0.29, 0.717) is 22.7 Å². The van der Waals surface area contributed by atoms with Gasteiger partial charge in [-0.2, -0.15) is 0 Å². The third-order valence-corrected chi connectivity index (χ3v) is 6.59. The SMILES string of the molecule is COc1ccc(C(=O)Nc2ccccc2NS(=O)(=O)c2cccs2)cc1OC. The maximum Gasteiger partial charge on any atom is 0.271 e. The minimum atomic E-state index is -3.73. The first-order chi connectivity index (χ1) is 13.4. The van der Waals surface area contributed by atoms with E-state index in [9.17, 15) is 13.2 Å². The molecular weight excluding hydrogens is 400 g/mol. The maximum absolute atomic E-state index is 12.6. The van der Waals surface area contributed by atoms with Crippen LogP contribution in [0.2, 0.25) is 0 Å². The molecule has 1 heterocycles. The van der Waals surface area contributed by atoms with Crippen LogP contribution >= 0.6 is 11.3 Å². The predicted molar refractivity (Wildman–Crippen MR) is 109 cm³/mol. The molecule has 7 nitrogen and oxygen atoms in total. The second-order valence-corrected chi connectivity index (χ2v) is 8.46. The molecule has 0 aliphatic rings. The smallest absolute Gasteiger partial charge is 0.271 e. The van der Waals surface area contributed by atoms with Gasteiger partial charge >= 0.3 is 0 Å². The molecule has 3 aromatic rings. The summed E-state index contributed by atoms with van der Waals surface area (Å²) in [4.78, 5) is 12.6. The quantitative estimate of drug-likeness (QED) is 0.608. The van der Waals surface area contributed by atoms with E-state index in [-0.39, 0.29) is 9.90 Å². The average Bonchev–Trinajstić information content (AvgIpc) is 3.24. The van der Waals surface area contributed by atoms with Gasteiger partial charge in [-0.3, -0.25) is 9.52 Å². The van der Waals surface area contributed by atoms with Crippen molar-refractivity contribution in [3.05, 3.63) is 65.5 Å². The lowest BCUT2D eigenvalue weighted by Crippen LogP contribution is -2.16. The van der Waals surface area contributed by atoms with Crippen LogP contribution in [0.15, 0.2) is 64.2 Å². The molecule has 1 aromatic heterocycles. The van der Waals surface area contributed by atoms with Gasteiger partial charge in [0, 0.05) is 5.56 Å². The molecule has 0 saturated carbocycles. The molecule has 9 heteroatoms. The van der Waals surface area contributed by atoms with Crippen LogP contribution in [0.4, 0.5) is 11.4 Å². The number of thiophene rings is 1. The van der Waals surface area contributed by atoms with E-state index in [4.69, 9.17) is 9.47 Å². The summed E-state index contributed by atoms with van der Waals surface area (Å²) in [6.07, 6.45) is 0. The van der Waals surface area contributed by atoms with Crippen molar-refractivity contribution in [3.63, 3.8) is 0 Å². The van der Waals surface area contributed by atoms with E-state index in [1.54, 1.807) is 53.9 Å². The summed E-state index contributed by atoms with van der Waals surface area (Å²) in [5.41, 5.74) is 0.945. The second kappa shape index (κ2) is 8.32. The lowest BCUT2D eigenvalue weighted by Gasteiger charge is -2.14. The molecule has 28 heavy (non-hydrogen) atoms. The Bertz CT molecular complexity index is 1080. The number of amides is 1. The first kappa shape index (κ1) is 19.7. The summed E-state index contributed by atoms with van der Waals surface area (Å²) >= 11 is 1.11. The van der Waals surface area contributed by atoms with Gasteiger partial charge in [0.1, 0.15) is 4.21 Å². The molecule has 0 aliphatic carbocycles. The highest BCUT2D eigenvalue weighted by Crippen LogP contribution is 2.29. The number of sulfonamides is 1. The van der Waals surface area contributed by atoms with Crippen LogP contribution in [0.1, 0.15) is 10.4 Å². The highest BCUT2D eigenvalue weighted by Gasteiger charge is 2.18. The molecule has 0 aliphatic heterocycles. The van der Waals surface area contributed by atoms with Gasteiger partial charge in [0.05, 0.1) is 25.6 Å². The number of ether oxygens (including phenoxy) is 2. The van der Waals surface area contributed by atoms with Crippen molar-refractivity contribution in [1.29, 1.82) is 0 Å². The Labute approximate surface area is 167 Å². The largest absolute Gasteiger partial charge is 0.493 e. The van der Waals surface area contributed by atoms with Gasteiger partial charge in [0.15, 0.2) is 11.5 Å². The first-order valence-electron chi connectivity index (χ1n) is 8.13. The highest BCUT2D eigenvalue weighted by molar-refractivity contribution is 7.94. The fourth-order valence-corrected chi connectivity index (χ4v) is 4.54. The number of benzene rings is 2. The summed E-state index contributed by atoms with van der Waals surface area (Å²) in [5, 5.41) is 4.40. The van der Waals surface area contributed by atoms with Crippen molar-refractivity contribution in [2.75, 3.05) is 24.3 Å². The molecular formula is C19H18N2O5S2. The van der Waals surface area contributed by atoms with Gasteiger partial charge in [-0.25, -0.2) is 8.42 Å². The van der Waals surface area contributed by atoms with Crippen LogP contribution < -0.4 is 19.5 Å². The normalized spacial score (nSPS) is 10.9. The summed E-state index contributed by atoms with van der Waals surface area (Å²) < 4.78 is 38.0. The molecule has 0 fully saturated rings. The standard InChI is InChI=1S/C19H18N2O5S2/c1-25-16-10-9-13(12-17(16)26-2)19(22)20-14-6-3-4-7-15(14)21-28(23,24)18-8-5-11-27-18/h3-12,21H,1-2H3,(H,20,22). The van der Waals surface area contributed by atoms with E-state index in [1.807, 2.05) is 0 Å². The third-order valence-electron chi connectivity index (χ3n) is 3.83. The van der Waals surface area contributed by atoms with E-state index in [0.717, 1.165) is 11.3 Å². The van der Waals surface area contributed by atoms with Crippen LogP contribution in [-0.4, -0.2) is 28.5 Å². The van der Waals surface area contributed by atoms with Gasteiger partial charge in [0.2, 0.25) is 0 Å². The molecule has 3 rings (SSSR count). The molecule has 0 bridgehead atoms. The fraction of sp³-hybridized carbons (Fsp3) is 0.105. The number of hydrogen-bond donors (Lipinski definition) is 2. The van der Waals surface area contributed by atoms with Gasteiger partial charge in [-0.15, -0.1) is 11.3 Å². The van der Waals surface area contributed by atoms with Crippen molar-refractivity contribution in [1.82, 2.24) is 0 Å². The zero-order valence-corrected chi connectivity index (χ0v) is 16.8. The minimum absolute atomic E-state index is 0.188. The Morgan fingerprint density at radius 3 is 2.29 bits per heavy atom. The van der Waals surface area contributed by atoms with Crippen LogP contribution in [0.5, 0.6) is 11.5 Å². The van der Waals surface area contributed by atoms with Gasteiger partial charge in [-0.1, -0.05) is 18.2 Å². The third kappa shape index (κ3) is 4.26. The number of carbonyl (C=O) groups is 1. The van der Waals surface area contributed by atoms with Crippen LogP contribution in [0.3, 0.4) is 0 Å². The number of nitrogens with one attached hydrogen (secondary N) is 2. The molecule has 0 saturated heterocycles. The van der Waals surface area contributed by atoms with Gasteiger partial charge in [-0.05, 0) is 41.8 Å². The lowest BCUT2D eigenvalue weighted by atomic mass is 10.1. The Morgan fingerprint density at radius 2 is 1.64 bits per heavy atom. The van der Waals surface area contributed by atoms with Gasteiger partial charge < -0.3 is 14.8 Å². The van der Waals surface area contributed by atoms with E-state index < -0.39 is 15.9 Å². The summed E-state index contributed by atoms with van der Waals surface area (Å²) in [6.45, 7) is 0. The van der Waals surface area contributed by atoms with Crippen molar-refractivity contribution in [3.8, 4) is 11.5 Å². The van der Waals surface area contributed by atoms with Crippen LogP contribution in [0, 0.1) is 0 Å². The summed E-state index contributed by atoms with van der Waals surface area (Å²) in [5.74, 6) is 0.508. The zero-order valence-electron chi connectivity index (χ0n) is 15.1. The number of anilines is 2. The van der Waals surface area contributed by atoms with Crippen molar-refractivity contribution in [2.45, 2.75) is 4.21 Å². The number of methoxy groups -OCH3 is 2. The second-order valence-electron chi connectivity index (χ2n) is 5.61. The van der Waals surface area contributed by atoms with E-state index >= 15 is 0 Å². The molecule has 2 aromatic carbocycles. The van der Waals surface area contributed by atoms with E-state index in [1.165, 1.54) is 20.3 Å². The van der Waals surface area contributed by atoms with Crippen molar-refractivity contribution < 1.29 is 22.7 Å². The molecule has 0 atom stereocenters. The maximum atomic E-state index is 12.6. The summed E-state index contributed by atoms with van der Waals surface area (Å²) in [7, 11) is -0.744. The Balaban J connectivity index is 1.85. The average molecular weight is 418 g/mol. The topological polar surface area (TPSA) is 93.7 Å². The van der Waals surface area contributed by atoms with Crippen molar-refractivity contribution >= 4 is 38.6 Å². The molecule has 146 valence electrons.